The largest absolute Gasteiger partial charge is 0.476 e. The maximum absolute atomic E-state index is 12.2. The van der Waals surface area contributed by atoms with Gasteiger partial charge >= 0.3 is 5.97 Å². The highest BCUT2D eigenvalue weighted by Gasteiger charge is 2.19. The summed E-state index contributed by atoms with van der Waals surface area (Å²) in [7, 11) is 1.67. The van der Waals surface area contributed by atoms with Crippen molar-refractivity contribution in [3.05, 3.63) is 46.7 Å². The van der Waals surface area contributed by atoms with Crippen LogP contribution in [0, 0.1) is 0 Å². The van der Waals surface area contributed by atoms with Crippen molar-refractivity contribution in [2.24, 2.45) is 0 Å². The number of nitrogens with zero attached hydrogens (tertiary/aromatic N) is 4. The number of aromatic carboxylic acids is 1. The smallest absolute Gasteiger partial charge is 0.358 e. The number of aromatic nitrogens is 3. The molecule has 0 saturated heterocycles. The third-order valence-corrected chi connectivity index (χ3v) is 3.60. The van der Waals surface area contributed by atoms with Crippen LogP contribution in [-0.2, 0) is 11.3 Å². The van der Waals surface area contributed by atoms with Crippen LogP contribution in [0.5, 0.6) is 0 Å². The van der Waals surface area contributed by atoms with Gasteiger partial charge in [0.25, 0.3) is 0 Å². The molecular weight excluding hydrogens is 308 g/mol. The Bertz CT molecular complexity index is 701. The van der Waals surface area contributed by atoms with Crippen molar-refractivity contribution in [2.45, 2.75) is 19.5 Å². The van der Waals surface area contributed by atoms with Gasteiger partial charge in [0, 0.05) is 12.1 Å². The molecule has 1 heterocycles. The Hall–Kier alpha value is -2.41. The van der Waals surface area contributed by atoms with Gasteiger partial charge in [-0.3, -0.25) is 4.79 Å². The molecule has 0 spiro atoms. The molecule has 2 aromatic rings. The van der Waals surface area contributed by atoms with Gasteiger partial charge in [-0.25, -0.2) is 9.48 Å². The topological polar surface area (TPSA) is 88.3 Å². The van der Waals surface area contributed by atoms with Crippen LogP contribution in [0.4, 0.5) is 0 Å². The van der Waals surface area contributed by atoms with E-state index in [0.717, 1.165) is 5.56 Å². The van der Waals surface area contributed by atoms with Gasteiger partial charge in [-0.05, 0) is 24.6 Å². The standard InChI is InChI=1S/C14H15ClN4O3/c1-9(10-4-3-5-11(15)6-10)18(2)13(20)8-19-7-12(14(21)22)16-17-19/h3-7,9H,8H2,1-2H3,(H,21,22). The summed E-state index contributed by atoms with van der Waals surface area (Å²) in [5.41, 5.74) is 0.714. The molecular formula is C14H15ClN4O3. The molecule has 7 nitrogen and oxygen atoms in total. The lowest BCUT2D eigenvalue weighted by Crippen LogP contribution is -2.32. The average molecular weight is 323 g/mol. The summed E-state index contributed by atoms with van der Waals surface area (Å²) in [5, 5.41) is 16.5. The first-order chi connectivity index (χ1) is 10.4. The van der Waals surface area contributed by atoms with Crippen molar-refractivity contribution >= 4 is 23.5 Å². The van der Waals surface area contributed by atoms with Gasteiger partial charge in [0.15, 0.2) is 5.69 Å². The molecule has 1 unspecified atom stereocenters. The lowest BCUT2D eigenvalue weighted by molar-refractivity contribution is -0.132. The predicted octanol–water partition coefficient (Wildman–Crippen LogP) is 1.85. The number of hydrogen-bond acceptors (Lipinski definition) is 4. The van der Waals surface area contributed by atoms with Gasteiger partial charge in [0.2, 0.25) is 5.91 Å². The molecule has 1 aromatic heterocycles. The van der Waals surface area contributed by atoms with E-state index in [1.54, 1.807) is 24.1 Å². The summed E-state index contributed by atoms with van der Waals surface area (Å²) >= 11 is 5.95. The zero-order chi connectivity index (χ0) is 16.3. The Morgan fingerprint density at radius 1 is 1.45 bits per heavy atom. The molecule has 8 heteroatoms. The molecule has 1 aromatic carbocycles. The van der Waals surface area contributed by atoms with Gasteiger partial charge in [0.1, 0.15) is 6.54 Å². The second kappa shape index (κ2) is 6.57. The number of amides is 1. The number of rotatable bonds is 5. The van der Waals surface area contributed by atoms with Crippen molar-refractivity contribution in [3.8, 4) is 0 Å². The van der Waals surface area contributed by atoms with Gasteiger partial charge in [-0.15, -0.1) is 5.10 Å². The van der Waals surface area contributed by atoms with Crippen LogP contribution >= 0.6 is 11.6 Å². The fraction of sp³-hybridized carbons (Fsp3) is 0.286. The van der Waals surface area contributed by atoms with Crippen LogP contribution in [0.3, 0.4) is 0 Å². The number of hydrogen-bond donors (Lipinski definition) is 1. The molecule has 0 bridgehead atoms. The molecule has 1 amide bonds. The fourth-order valence-corrected chi connectivity index (χ4v) is 2.13. The second-order valence-electron chi connectivity index (χ2n) is 4.84. The zero-order valence-corrected chi connectivity index (χ0v) is 12.9. The van der Waals surface area contributed by atoms with E-state index in [9.17, 15) is 9.59 Å². The van der Waals surface area contributed by atoms with Crippen LogP contribution in [0.25, 0.3) is 0 Å². The van der Waals surface area contributed by atoms with Crippen LogP contribution in [0.1, 0.15) is 29.0 Å². The Kier molecular flexibility index (Phi) is 4.77. The molecule has 2 rings (SSSR count). The monoisotopic (exact) mass is 322 g/mol. The maximum atomic E-state index is 12.2. The highest BCUT2D eigenvalue weighted by molar-refractivity contribution is 6.30. The lowest BCUT2D eigenvalue weighted by Gasteiger charge is -2.25. The van der Waals surface area contributed by atoms with E-state index in [2.05, 4.69) is 10.3 Å². The van der Waals surface area contributed by atoms with E-state index in [1.165, 1.54) is 10.9 Å². The molecule has 1 N–H and O–H groups in total. The zero-order valence-electron chi connectivity index (χ0n) is 12.1. The molecule has 0 saturated carbocycles. The molecule has 116 valence electrons. The van der Waals surface area contributed by atoms with Crippen molar-refractivity contribution in [2.75, 3.05) is 7.05 Å². The minimum absolute atomic E-state index is 0.0817. The Balaban J connectivity index is 2.06. The van der Waals surface area contributed by atoms with Crippen LogP contribution in [-0.4, -0.2) is 43.9 Å². The predicted molar refractivity (Wildman–Crippen MR) is 79.6 cm³/mol. The van der Waals surface area contributed by atoms with E-state index in [-0.39, 0.29) is 24.2 Å². The molecule has 0 aliphatic carbocycles. The summed E-state index contributed by atoms with van der Waals surface area (Å²) in [5.74, 6) is -1.39. The molecule has 0 aliphatic rings. The molecule has 0 fully saturated rings. The first-order valence-electron chi connectivity index (χ1n) is 6.53. The second-order valence-corrected chi connectivity index (χ2v) is 5.28. The van der Waals surface area contributed by atoms with Crippen LogP contribution in [0.2, 0.25) is 5.02 Å². The van der Waals surface area contributed by atoms with E-state index in [1.807, 2.05) is 19.1 Å². The highest BCUT2D eigenvalue weighted by atomic mass is 35.5. The fourth-order valence-electron chi connectivity index (χ4n) is 1.93. The molecule has 22 heavy (non-hydrogen) atoms. The number of carbonyl (C=O) groups is 2. The molecule has 1 atom stereocenters. The van der Waals surface area contributed by atoms with Gasteiger partial charge in [-0.1, -0.05) is 28.9 Å². The molecule has 0 aliphatic heterocycles. The van der Waals surface area contributed by atoms with Crippen molar-refractivity contribution in [1.82, 2.24) is 19.9 Å². The first kappa shape index (κ1) is 16.0. The third kappa shape index (κ3) is 3.62. The van der Waals surface area contributed by atoms with Crippen LogP contribution < -0.4 is 0 Å². The van der Waals surface area contributed by atoms with E-state index in [4.69, 9.17) is 16.7 Å². The molecule has 0 radical (unpaired) electrons. The average Bonchev–Trinajstić information content (AvgIpc) is 2.94. The number of halogens is 1. The highest BCUT2D eigenvalue weighted by Crippen LogP contribution is 2.22. The van der Waals surface area contributed by atoms with Gasteiger partial charge in [0.05, 0.1) is 12.2 Å². The summed E-state index contributed by atoms with van der Waals surface area (Å²) in [4.78, 5) is 24.5. The number of benzene rings is 1. The van der Waals surface area contributed by atoms with Crippen molar-refractivity contribution < 1.29 is 14.7 Å². The minimum atomic E-state index is -1.18. The van der Waals surface area contributed by atoms with Gasteiger partial charge in [-0.2, -0.15) is 0 Å². The number of carboxylic acid groups (broad SMARTS) is 1. The van der Waals surface area contributed by atoms with Gasteiger partial charge < -0.3 is 10.0 Å². The quantitative estimate of drug-likeness (QED) is 0.907. The number of carbonyl (C=O) groups excluding carboxylic acids is 1. The Labute approximate surface area is 132 Å². The number of carboxylic acids is 1. The summed E-state index contributed by atoms with van der Waals surface area (Å²) in [6.07, 6.45) is 1.22. The Morgan fingerprint density at radius 2 is 2.18 bits per heavy atom. The van der Waals surface area contributed by atoms with Crippen molar-refractivity contribution in [1.29, 1.82) is 0 Å². The Morgan fingerprint density at radius 3 is 2.77 bits per heavy atom. The normalized spacial score (nSPS) is 12.0. The first-order valence-corrected chi connectivity index (χ1v) is 6.91. The van der Waals surface area contributed by atoms with E-state index in [0.29, 0.717) is 5.02 Å². The summed E-state index contributed by atoms with van der Waals surface area (Å²) < 4.78 is 1.20. The maximum Gasteiger partial charge on any atom is 0.358 e. The van der Waals surface area contributed by atoms with Crippen molar-refractivity contribution in [3.63, 3.8) is 0 Å². The van der Waals surface area contributed by atoms with E-state index < -0.39 is 5.97 Å². The summed E-state index contributed by atoms with van der Waals surface area (Å²) in [6.45, 7) is 1.80. The SMILES string of the molecule is CC(c1cccc(Cl)c1)N(C)C(=O)Cn1cc(C(=O)O)nn1. The number of likely N-dealkylation sites (N-methyl/N-ethyl adjacent to an activating group) is 1. The van der Waals surface area contributed by atoms with Crippen LogP contribution in [0.15, 0.2) is 30.5 Å². The minimum Gasteiger partial charge on any atom is -0.476 e. The summed E-state index contributed by atoms with van der Waals surface area (Å²) in [6, 6.07) is 7.10. The lowest BCUT2D eigenvalue weighted by atomic mass is 10.1. The van der Waals surface area contributed by atoms with E-state index >= 15 is 0 Å². The third-order valence-electron chi connectivity index (χ3n) is 3.36.